The summed E-state index contributed by atoms with van der Waals surface area (Å²) >= 11 is 0. The third-order valence-corrected chi connectivity index (χ3v) is 5.89. The average molecular weight is 428 g/mol. The van der Waals surface area contributed by atoms with Crippen LogP contribution in [-0.2, 0) is 4.79 Å². The first-order valence-electron chi connectivity index (χ1n) is 11.2. The van der Waals surface area contributed by atoms with Gasteiger partial charge in [0.25, 0.3) is 5.91 Å². The van der Waals surface area contributed by atoms with Crippen molar-refractivity contribution in [2.45, 2.75) is 58.6 Å². The van der Waals surface area contributed by atoms with Crippen LogP contribution in [0.5, 0.6) is 5.88 Å². The molecule has 1 aromatic heterocycles. The summed E-state index contributed by atoms with van der Waals surface area (Å²) in [6.07, 6.45) is 4.94. The fourth-order valence-electron chi connectivity index (χ4n) is 3.68. The minimum atomic E-state index is -0.345. The molecule has 7 nitrogen and oxygen atoms in total. The van der Waals surface area contributed by atoms with Gasteiger partial charge in [0.1, 0.15) is 11.7 Å². The number of pyridine rings is 1. The Balaban J connectivity index is 1.93. The van der Waals surface area contributed by atoms with Crippen LogP contribution in [0.25, 0.3) is 0 Å². The Kier molecular flexibility index (Phi) is 7.55. The molecule has 1 aliphatic carbocycles. The molecule has 1 aliphatic heterocycles. The first kappa shape index (κ1) is 23.1. The molecule has 2 aliphatic rings. The summed E-state index contributed by atoms with van der Waals surface area (Å²) in [6.45, 7) is 6.59. The summed E-state index contributed by atoms with van der Waals surface area (Å²) in [4.78, 5) is 33.6. The summed E-state index contributed by atoms with van der Waals surface area (Å²) in [5, 5.41) is 9.74. The zero-order valence-corrected chi connectivity index (χ0v) is 18.9. The van der Waals surface area contributed by atoms with Crippen molar-refractivity contribution < 1.29 is 19.4 Å². The smallest absolute Gasteiger partial charge is 0.259 e. The molecule has 2 amide bonds. The fourth-order valence-corrected chi connectivity index (χ4v) is 3.68. The number of nitrogens with zero attached hydrogens (tertiary/aromatic N) is 3. The van der Waals surface area contributed by atoms with Crippen molar-refractivity contribution in [1.82, 2.24) is 14.8 Å². The Bertz CT molecular complexity index is 871. The second-order valence-corrected chi connectivity index (χ2v) is 8.74. The van der Waals surface area contributed by atoms with Crippen molar-refractivity contribution in [3.8, 4) is 17.7 Å². The maximum absolute atomic E-state index is 13.3. The van der Waals surface area contributed by atoms with Crippen molar-refractivity contribution in [2.24, 2.45) is 11.8 Å². The lowest BCUT2D eigenvalue weighted by molar-refractivity contribution is -0.132. The molecular formula is C24H33N3O4. The van der Waals surface area contributed by atoms with Crippen molar-refractivity contribution in [3.63, 3.8) is 0 Å². The van der Waals surface area contributed by atoms with Gasteiger partial charge >= 0.3 is 0 Å². The molecule has 168 valence electrons. The van der Waals surface area contributed by atoms with E-state index in [-0.39, 0.29) is 48.3 Å². The molecule has 3 rings (SSSR count). The number of unbranched alkanes of at least 4 members (excludes halogenated alkanes) is 1. The first-order chi connectivity index (χ1) is 14.8. The summed E-state index contributed by atoms with van der Waals surface area (Å²) in [6, 6.07) is 1.37. The number of ether oxygens (including phenoxy) is 1. The van der Waals surface area contributed by atoms with Gasteiger partial charge in [0.15, 0.2) is 0 Å². The number of rotatable bonds is 6. The van der Waals surface area contributed by atoms with E-state index in [0.717, 1.165) is 25.7 Å². The van der Waals surface area contributed by atoms with Gasteiger partial charge in [0, 0.05) is 43.6 Å². The SMILES string of the molecule is CCCC#Cc1cnc2c(c1)C(=O)N([C@@H](C)CO)C[C@@H](C)[C@@H](CN(C)C(=O)C1CC1)O2. The highest BCUT2D eigenvalue weighted by atomic mass is 16.5. The number of carbonyl (C=O) groups is 2. The Morgan fingerprint density at radius 2 is 2.19 bits per heavy atom. The van der Waals surface area contributed by atoms with Crippen molar-refractivity contribution in [2.75, 3.05) is 26.7 Å². The summed E-state index contributed by atoms with van der Waals surface area (Å²) in [5.74, 6) is 6.39. The standard InChI is InChI=1S/C24H33N3O4/c1-5-6-7-8-18-11-20-22(25-12-18)31-21(14-26(4)23(29)19-9-10-19)16(2)13-27(24(20)30)17(3)15-28/h11-12,16-17,19,21,28H,5-6,9-10,13-15H2,1-4H3/t16-,17+,21-/m1/s1. The number of aromatic nitrogens is 1. The van der Waals surface area contributed by atoms with Gasteiger partial charge in [-0.25, -0.2) is 4.98 Å². The van der Waals surface area contributed by atoms with Gasteiger partial charge in [0.2, 0.25) is 11.8 Å². The van der Waals surface area contributed by atoms with Gasteiger partial charge in [-0.05, 0) is 32.3 Å². The third-order valence-electron chi connectivity index (χ3n) is 5.89. The molecule has 7 heteroatoms. The summed E-state index contributed by atoms with van der Waals surface area (Å²) in [5.41, 5.74) is 1.00. The van der Waals surface area contributed by atoms with E-state index < -0.39 is 0 Å². The highest BCUT2D eigenvalue weighted by Gasteiger charge is 2.37. The van der Waals surface area contributed by atoms with Gasteiger partial charge in [-0.2, -0.15) is 0 Å². The largest absolute Gasteiger partial charge is 0.472 e. The molecule has 0 spiro atoms. The zero-order valence-electron chi connectivity index (χ0n) is 18.9. The van der Waals surface area contributed by atoms with Gasteiger partial charge in [-0.1, -0.05) is 25.7 Å². The Morgan fingerprint density at radius 3 is 2.84 bits per heavy atom. The fraction of sp³-hybridized carbons (Fsp3) is 0.625. The molecule has 1 aromatic rings. The molecule has 0 radical (unpaired) electrons. The minimum absolute atomic E-state index is 0.0497. The number of carbonyl (C=O) groups excluding carboxylic acids is 2. The number of amides is 2. The topological polar surface area (TPSA) is 83.0 Å². The van der Waals surface area contributed by atoms with Crippen LogP contribution in [0.15, 0.2) is 12.3 Å². The van der Waals surface area contributed by atoms with Crippen molar-refractivity contribution in [3.05, 3.63) is 23.4 Å². The van der Waals surface area contributed by atoms with Crippen LogP contribution in [0.3, 0.4) is 0 Å². The quantitative estimate of drug-likeness (QED) is 0.705. The lowest BCUT2D eigenvalue weighted by Crippen LogP contribution is -2.50. The van der Waals surface area contributed by atoms with Crippen LogP contribution in [-0.4, -0.2) is 70.6 Å². The summed E-state index contributed by atoms with van der Waals surface area (Å²) in [7, 11) is 1.80. The van der Waals surface area contributed by atoms with Crippen LogP contribution in [0.2, 0.25) is 0 Å². The molecule has 0 saturated heterocycles. The van der Waals surface area contributed by atoms with E-state index in [9.17, 15) is 14.7 Å². The lowest BCUT2D eigenvalue weighted by atomic mass is 9.99. The predicted octanol–water partition coefficient (Wildman–Crippen LogP) is 2.32. The Hall–Kier alpha value is -2.59. The molecule has 0 bridgehead atoms. The molecule has 1 saturated carbocycles. The molecule has 1 fully saturated rings. The van der Waals surface area contributed by atoms with Gasteiger partial charge in [-0.15, -0.1) is 0 Å². The van der Waals surface area contributed by atoms with E-state index in [1.165, 1.54) is 0 Å². The van der Waals surface area contributed by atoms with E-state index in [4.69, 9.17) is 4.74 Å². The third kappa shape index (κ3) is 5.56. The Morgan fingerprint density at radius 1 is 1.45 bits per heavy atom. The van der Waals surface area contributed by atoms with Gasteiger partial charge in [-0.3, -0.25) is 9.59 Å². The molecular weight excluding hydrogens is 394 g/mol. The van der Waals surface area contributed by atoms with Crippen LogP contribution in [0.4, 0.5) is 0 Å². The molecule has 0 aromatic carbocycles. The van der Waals surface area contributed by atoms with E-state index in [0.29, 0.717) is 24.2 Å². The lowest BCUT2D eigenvalue weighted by Gasteiger charge is -2.37. The average Bonchev–Trinajstić information content (AvgIpc) is 3.61. The van der Waals surface area contributed by atoms with E-state index in [2.05, 4.69) is 23.7 Å². The van der Waals surface area contributed by atoms with Gasteiger partial charge < -0.3 is 19.6 Å². The second kappa shape index (κ2) is 10.1. The number of aliphatic hydroxyl groups is 1. The molecule has 3 atom stereocenters. The maximum Gasteiger partial charge on any atom is 0.259 e. The Labute approximate surface area is 184 Å². The zero-order chi connectivity index (χ0) is 22.5. The van der Waals surface area contributed by atoms with Crippen molar-refractivity contribution in [1.29, 1.82) is 0 Å². The first-order valence-corrected chi connectivity index (χ1v) is 11.2. The highest BCUT2D eigenvalue weighted by Crippen LogP contribution is 2.32. The number of hydrogen-bond acceptors (Lipinski definition) is 5. The number of fused-ring (bicyclic) bond motifs is 1. The van der Waals surface area contributed by atoms with Crippen LogP contribution in [0.1, 0.15) is 62.4 Å². The van der Waals surface area contributed by atoms with E-state index in [1.54, 1.807) is 29.1 Å². The summed E-state index contributed by atoms with van der Waals surface area (Å²) < 4.78 is 6.22. The predicted molar refractivity (Wildman–Crippen MR) is 118 cm³/mol. The van der Waals surface area contributed by atoms with Crippen LogP contribution < -0.4 is 4.74 Å². The van der Waals surface area contributed by atoms with E-state index in [1.807, 2.05) is 13.8 Å². The minimum Gasteiger partial charge on any atom is -0.472 e. The molecule has 1 N–H and O–H groups in total. The number of aliphatic hydroxyl groups excluding tert-OH is 1. The highest BCUT2D eigenvalue weighted by molar-refractivity contribution is 5.97. The van der Waals surface area contributed by atoms with Crippen LogP contribution in [0, 0.1) is 23.7 Å². The molecule has 0 unspecified atom stereocenters. The van der Waals surface area contributed by atoms with E-state index >= 15 is 0 Å². The normalized spacial score (nSPS) is 21.7. The number of likely N-dealkylation sites (N-methyl/N-ethyl adjacent to an activating group) is 1. The van der Waals surface area contributed by atoms with Crippen molar-refractivity contribution >= 4 is 11.8 Å². The second-order valence-electron chi connectivity index (χ2n) is 8.74. The monoisotopic (exact) mass is 427 g/mol. The number of hydrogen-bond donors (Lipinski definition) is 1. The molecule has 31 heavy (non-hydrogen) atoms. The van der Waals surface area contributed by atoms with Gasteiger partial charge in [0.05, 0.1) is 19.2 Å². The molecule has 2 heterocycles. The maximum atomic E-state index is 13.3. The van der Waals surface area contributed by atoms with Crippen LogP contribution >= 0.6 is 0 Å².